The minimum absolute atomic E-state index is 0.127. The van der Waals surface area contributed by atoms with E-state index in [0.717, 1.165) is 0 Å². The second-order valence-electron chi connectivity index (χ2n) is 3.91. The molecule has 2 aromatic carbocycles. The minimum Gasteiger partial charge on any atom is -0.507 e. The van der Waals surface area contributed by atoms with Gasteiger partial charge in [0, 0.05) is 5.02 Å². The molecule has 0 atom stereocenters. The molecule has 2 aromatic rings. The van der Waals surface area contributed by atoms with Crippen LogP contribution >= 0.6 is 11.6 Å². The maximum Gasteiger partial charge on any atom is 0.189 e. The van der Waals surface area contributed by atoms with Crippen molar-refractivity contribution < 1.29 is 14.3 Å². The Morgan fingerprint density at radius 3 is 2.53 bits per heavy atom. The smallest absolute Gasteiger partial charge is 0.189 e. The predicted octanol–water partition coefficient (Wildman–Crippen LogP) is 4.08. The Morgan fingerprint density at radius 1 is 1.16 bits per heavy atom. The summed E-state index contributed by atoms with van der Waals surface area (Å²) in [6.45, 7) is 0. The standard InChI is InChI=1S/C15H10ClFO2/c16-11-4-8-15(19)13(9-11)14(18)7-3-10-1-5-12(17)6-2-10/h1-9,19H/b7-3+. The van der Waals surface area contributed by atoms with E-state index in [1.54, 1.807) is 18.2 Å². The minimum atomic E-state index is -0.371. The molecule has 0 aliphatic carbocycles. The van der Waals surface area contributed by atoms with Crippen molar-refractivity contribution in [3.63, 3.8) is 0 Å². The van der Waals surface area contributed by atoms with Crippen molar-refractivity contribution in [3.8, 4) is 5.75 Å². The number of ketones is 1. The largest absolute Gasteiger partial charge is 0.507 e. The van der Waals surface area contributed by atoms with Crippen LogP contribution in [0, 0.1) is 5.82 Å². The Labute approximate surface area is 114 Å². The van der Waals surface area contributed by atoms with Gasteiger partial charge in [-0.05, 0) is 42.0 Å². The Hall–Kier alpha value is -2.13. The van der Waals surface area contributed by atoms with Gasteiger partial charge in [0.15, 0.2) is 5.78 Å². The lowest BCUT2D eigenvalue weighted by Gasteiger charge is -2.00. The molecule has 96 valence electrons. The van der Waals surface area contributed by atoms with Crippen LogP contribution in [0.2, 0.25) is 5.02 Å². The first-order valence-corrected chi connectivity index (χ1v) is 5.90. The summed E-state index contributed by atoms with van der Waals surface area (Å²) in [6, 6.07) is 9.97. The van der Waals surface area contributed by atoms with Crippen LogP contribution in [0.15, 0.2) is 48.5 Å². The van der Waals surface area contributed by atoms with E-state index in [1.807, 2.05) is 0 Å². The highest BCUT2D eigenvalue weighted by Gasteiger charge is 2.08. The fraction of sp³-hybridized carbons (Fsp3) is 0. The number of aromatic hydroxyl groups is 1. The summed E-state index contributed by atoms with van der Waals surface area (Å²) in [6.07, 6.45) is 2.85. The monoisotopic (exact) mass is 276 g/mol. The zero-order valence-electron chi connectivity index (χ0n) is 9.81. The van der Waals surface area contributed by atoms with Gasteiger partial charge in [-0.3, -0.25) is 4.79 Å². The molecule has 2 nitrogen and oxygen atoms in total. The average Bonchev–Trinajstić information content (AvgIpc) is 2.40. The van der Waals surface area contributed by atoms with E-state index in [1.165, 1.54) is 36.4 Å². The quantitative estimate of drug-likeness (QED) is 0.677. The molecule has 0 spiro atoms. The average molecular weight is 277 g/mol. The molecule has 0 fully saturated rings. The first-order valence-electron chi connectivity index (χ1n) is 5.53. The number of allylic oxidation sites excluding steroid dienone is 1. The van der Waals surface area contributed by atoms with Crippen LogP contribution in [0.3, 0.4) is 0 Å². The van der Waals surface area contributed by atoms with Crippen LogP contribution in [0.5, 0.6) is 5.75 Å². The van der Waals surface area contributed by atoms with Gasteiger partial charge in [0.1, 0.15) is 11.6 Å². The Morgan fingerprint density at radius 2 is 1.84 bits per heavy atom. The normalized spacial score (nSPS) is 10.8. The lowest BCUT2D eigenvalue weighted by atomic mass is 10.1. The Kier molecular flexibility index (Phi) is 3.97. The van der Waals surface area contributed by atoms with Gasteiger partial charge in [-0.2, -0.15) is 0 Å². The van der Waals surface area contributed by atoms with Gasteiger partial charge in [-0.15, -0.1) is 0 Å². The molecule has 0 unspecified atom stereocenters. The summed E-state index contributed by atoms with van der Waals surface area (Å²) in [5, 5.41) is 9.95. The fourth-order valence-electron chi connectivity index (χ4n) is 1.54. The molecule has 4 heteroatoms. The molecule has 0 radical (unpaired) electrons. The molecule has 2 rings (SSSR count). The molecular formula is C15H10ClFO2. The fourth-order valence-corrected chi connectivity index (χ4v) is 1.71. The van der Waals surface area contributed by atoms with Crippen LogP contribution in [-0.4, -0.2) is 10.9 Å². The number of benzene rings is 2. The predicted molar refractivity (Wildman–Crippen MR) is 72.9 cm³/mol. The molecule has 0 amide bonds. The van der Waals surface area contributed by atoms with Crippen LogP contribution in [0.1, 0.15) is 15.9 Å². The third-order valence-corrected chi connectivity index (χ3v) is 2.76. The SMILES string of the molecule is O=C(/C=C/c1ccc(F)cc1)c1cc(Cl)ccc1O. The highest BCUT2D eigenvalue weighted by molar-refractivity contribution is 6.31. The highest BCUT2D eigenvalue weighted by atomic mass is 35.5. The number of phenols is 1. The molecule has 1 N–H and O–H groups in total. The Balaban J connectivity index is 2.21. The van der Waals surface area contributed by atoms with Crippen LogP contribution < -0.4 is 0 Å². The summed E-state index contributed by atoms with van der Waals surface area (Å²) in [7, 11) is 0. The lowest BCUT2D eigenvalue weighted by Crippen LogP contribution is -1.94. The van der Waals surface area contributed by atoms with E-state index in [0.29, 0.717) is 10.6 Å². The highest BCUT2D eigenvalue weighted by Crippen LogP contribution is 2.22. The molecule has 0 aliphatic heterocycles. The van der Waals surface area contributed by atoms with Gasteiger partial charge in [0.05, 0.1) is 5.56 Å². The number of hydrogen-bond acceptors (Lipinski definition) is 2. The summed E-state index contributed by atoms with van der Waals surface area (Å²) in [5.74, 6) is -0.835. The maximum atomic E-state index is 12.7. The van der Waals surface area contributed by atoms with E-state index in [9.17, 15) is 14.3 Å². The van der Waals surface area contributed by atoms with Crippen LogP contribution in [0.4, 0.5) is 4.39 Å². The van der Waals surface area contributed by atoms with Crippen molar-refractivity contribution in [2.24, 2.45) is 0 Å². The number of carbonyl (C=O) groups is 1. The first kappa shape index (κ1) is 13.3. The molecule has 19 heavy (non-hydrogen) atoms. The number of halogens is 2. The molecule has 0 bridgehead atoms. The molecule has 0 aromatic heterocycles. The van der Waals surface area contributed by atoms with E-state index in [2.05, 4.69) is 0 Å². The van der Waals surface area contributed by atoms with Gasteiger partial charge in [-0.1, -0.05) is 29.8 Å². The molecule has 0 saturated heterocycles. The number of rotatable bonds is 3. The molecular weight excluding hydrogens is 267 g/mol. The van der Waals surface area contributed by atoms with Crippen molar-refractivity contribution in [2.45, 2.75) is 0 Å². The third-order valence-electron chi connectivity index (χ3n) is 2.52. The summed E-state index contributed by atoms with van der Waals surface area (Å²) >= 11 is 5.77. The molecule has 0 aliphatic rings. The lowest BCUT2D eigenvalue weighted by molar-refractivity contribution is 0.104. The maximum absolute atomic E-state index is 12.7. The zero-order valence-corrected chi connectivity index (χ0v) is 10.6. The van der Waals surface area contributed by atoms with Crippen LogP contribution in [-0.2, 0) is 0 Å². The second-order valence-corrected chi connectivity index (χ2v) is 4.35. The van der Waals surface area contributed by atoms with Gasteiger partial charge in [0.2, 0.25) is 0 Å². The van der Waals surface area contributed by atoms with Crippen molar-refractivity contribution in [1.29, 1.82) is 0 Å². The summed E-state index contributed by atoms with van der Waals surface area (Å²) in [4.78, 5) is 11.9. The zero-order chi connectivity index (χ0) is 13.8. The van der Waals surface area contributed by atoms with Crippen molar-refractivity contribution >= 4 is 23.5 Å². The van der Waals surface area contributed by atoms with Gasteiger partial charge >= 0.3 is 0 Å². The van der Waals surface area contributed by atoms with Crippen molar-refractivity contribution in [1.82, 2.24) is 0 Å². The third kappa shape index (κ3) is 3.42. The summed E-state index contributed by atoms with van der Waals surface area (Å²) < 4.78 is 12.7. The number of phenolic OH excluding ortho intramolecular Hbond substituents is 1. The van der Waals surface area contributed by atoms with E-state index in [4.69, 9.17) is 11.6 Å². The number of hydrogen-bond donors (Lipinski definition) is 1. The van der Waals surface area contributed by atoms with Gasteiger partial charge in [0.25, 0.3) is 0 Å². The number of carbonyl (C=O) groups excluding carboxylic acids is 1. The van der Waals surface area contributed by atoms with Crippen LogP contribution in [0.25, 0.3) is 6.08 Å². The topological polar surface area (TPSA) is 37.3 Å². The van der Waals surface area contributed by atoms with E-state index < -0.39 is 0 Å². The molecule has 0 heterocycles. The first-order chi connectivity index (χ1) is 9.06. The molecule has 0 saturated carbocycles. The van der Waals surface area contributed by atoms with Gasteiger partial charge in [-0.25, -0.2) is 4.39 Å². The van der Waals surface area contributed by atoms with Gasteiger partial charge < -0.3 is 5.11 Å². The van der Waals surface area contributed by atoms with E-state index >= 15 is 0 Å². The summed E-state index contributed by atoms with van der Waals surface area (Å²) in [5.41, 5.74) is 0.821. The second kappa shape index (κ2) is 5.67. The Bertz CT molecular complexity index is 633. The van der Waals surface area contributed by atoms with Crippen molar-refractivity contribution in [2.75, 3.05) is 0 Å². The van der Waals surface area contributed by atoms with E-state index in [-0.39, 0.29) is 22.9 Å². The van der Waals surface area contributed by atoms with Crippen molar-refractivity contribution in [3.05, 3.63) is 70.5 Å².